The zero-order valence-electron chi connectivity index (χ0n) is 23.1. The first-order chi connectivity index (χ1) is 17.3. The Morgan fingerprint density at radius 2 is 0.971 bits per heavy atom. The molecule has 0 fully saturated rings. The largest absolute Gasteiger partial charge is 0.427 e. The highest BCUT2D eigenvalue weighted by atomic mass is 16.5. The van der Waals surface area contributed by atoms with E-state index in [0.717, 1.165) is 12.8 Å². The minimum Gasteiger partial charge on any atom is -0.427 e. The fraction of sp³-hybridized carbons (Fsp3) is 0.727. The van der Waals surface area contributed by atoms with Gasteiger partial charge in [0.15, 0.2) is 0 Å². The van der Waals surface area contributed by atoms with Gasteiger partial charge in [-0.1, -0.05) is 159 Å². The average Bonchev–Trinajstić information content (AvgIpc) is 2.87. The Balaban J connectivity index is 1.72. The molecule has 0 aromatic heterocycles. The minimum absolute atomic E-state index is 0.153. The van der Waals surface area contributed by atoms with Crippen LogP contribution in [0, 0.1) is 0 Å². The third kappa shape index (κ3) is 22.6. The van der Waals surface area contributed by atoms with Gasteiger partial charge in [0.2, 0.25) is 0 Å². The summed E-state index contributed by atoms with van der Waals surface area (Å²) >= 11 is 0. The summed E-state index contributed by atoms with van der Waals surface area (Å²) in [6, 6.07) is 9.30. The molecular weight excluding hydrogens is 428 g/mol. The third-order valence-corrected chi connectivity index (χ3v) is 6.88. The fourth-order valence-electron chi connectivity index (χ4n) is 4.63. The van der Waals surface area contributed by atoms with Gasteiger partial charge in [0, 0.05) is 6.42 Å². The van der Waals surface area contributed by atoms with Gasteiger partial charge in [-0.2, -0.15) is 0 Å². The van der Waals surface area contributed by atoms with Crippen molar-refractivity contribution in [1.29, 1.82) is 0 Å². The van der Waals surface area contributed by atoms with Crippen LogP contribution in [0.5, 0.6) is 5.75 Å². The molecule has 0 spiro atoms. The molecule has 2 nitrogen and oxygen atoms in total. The maximum atomic E-state index is 11.8. The Morgan fingerprint density at radius 1 is 0.571 bits per heavy atom. The van der Waals surface area contributed by atoms with Crippen LogP contribution in [0.3, 0.4) is 0 Å². The van der Waals surface area contributed by atoms with Crippen LogP contribution >= 0.6 is 0 Å². The average molecular weight is 485 g/mol. The van der Waals surface area contributed by atoms with Crippen molar-refractivity contribution in [1.82, 2.24) is 0 Å². The van der Waals surface area contributed by atoms with Crippen molar-refractivity contribution in [2.24, 2.45) is 0 Å². The molecule has 0 unspecified atom stereocenters. The number of para-hydroxylation sites is 1. The molecule has 0 aliphatic carbocycles. The first kappa shape index (κ1) is 31.5. The van der Waals surface area contributed by atoms with Crippen LogP contribution in [-0.4, -0.2) is 5.97 Å². The lowest BCUT2D eigenvalue weighted by Crippen LogP contribution is -2.06. The van der Waals surface area contributed by atoms with E-state index in [1.54, 1.807) is 0 Å². The zero-order valence-corrected chi connectivity index (χ0v) is 23.1. The summed E-state index contributed by atoms with van der Waals surface area (Å²) in [6.07, 6.45) is 35.2. The van der Waals surface area contributed by atoms with E-state index in [9.17, 15) is 4.79 Å². The predicted molar refractivity (Wildman–Crippen MR) is 153 cm³/mol. The van der Waals surface area contributed by atoms with E-state index in [1.807, 2.05) is 30.3 Å². The van der Waals surface area contributed by atoms with Gasteiger partial charge in [-0.15, -0.1) is 0 Å². The molecule has 0 aliphatic rings. The number of carbonyl (C=O) groups excluding carboxylic acids is 1. The van der Waals surface area contributed by atoms with Crippen LogP contribution in [0.25, 0.3) is 0 Å². The highest BCUT2D eigenvalue weighted by molar-refractivity contribution is 5.72. The Bertz CT molecular complexity index is 592. The summed E-state index contributed by atoms with van der Waals surface area (Å²) < 4.78 is 5.29. The molecule has 0 saturated heterocycles. The van der Waals surface area contributed by atoms with E-state index >= 15 is 0 Å². The smallest absolute Gasteiger partial charge is 0.311 e. The Kier molecular flexibility index (Phi) is 22.9. The SMILES string of the molecule is CCCCCCCCCCCCCCCCCCCCCCC=CCCC(=O)Oc1ccccc1. The third-order valence-electron chi connectivity index (χ3n) is 6.88. The molecule has 2 heteroatoms. The van der Waals surface area contributed by atoms with Crippen molar-refractivity contribution in [3.63, 3.8) is 0 Å². The van der Waals surface area contributed by atoms with E-state index in [4.69, 9.17) is 4.74 Å². The topological polar surface area (TPSA) is 26.3 Å². The van der Waals surface area contributed by atoms with Gasteiger partial charge in [-0.25, -0.2) is 0 Å². The Labute approximate surface area is 218 Å². The Hall–Kier alpha value is -1.57. The fourth-order valence-corrected chi connectivity index (χ4v) is 4.63. The minimum atomic E-state index is -0.153. The van der Waals surface area contributed by atoms with Crippen LogP contribution in [0.15, 0.2) is 42.5 Å². The quantitative estimate of drug-likeness (QED) is 0.0597. The van der Waals surface area contributed by atoms with Gasteiger partial charge in [-0.05, 0) is 31.4 Å². The van der Waals surface area contributed by atoms with Crippen LogP contribution in [0.1, 0.15) is 155 Å². The van der Waals surface area contributed by atoms with Crippen LogP contribution < -0.4 is 4.74 Å². The van der Waals surface area contributed by atoms with E-state index in [0.29, 0.717) is 12.2 Å². The van der Waals surface area contributed by atoms with E-state index in [1.165, 1.54) is 128 Å². The van der Waals surface area contributed by atoms with Gasteiger partial charge in [-0.3, -0.25) is 4.79 Å². The summed E-state index contributed by atoms with van der Waals surface area (Å²) in [5.41, 5.74) is 0. The summed E-state index contributed by atoms with van der Waals surface area (Å²) in [7, 11) is 0. The molecule has 0 N–H and O–H groups in total. The molecule has 1 aromatic carbocycles. The number of hydrogen-bond donors (Lipinski definition) is 0. The number of ether oxygens (including phenoxy) is 1. The number of rotatable bonds is 25. The van der Waals surface area contributed by atoms with Crippen molar-refractivity contribution in [2.45, 2.75) is 155 Å². The van der Waals surface area contributed by atoms with Crippen molar-refractivity contribution in [3.8, 4) is 5.75 Å². The highest BCUT2D eigenvalue weighted by Gasteiger charge is 2.02. The first-order valence-corrected chi connectivity index (χ1v) is 15.2. The summed E-state index contributed by atoms with van der Waals surface area (Å²) in [5, 5.41) is 0. The summed E-state index contributed by atoms with van der Waals surface area (Å²) in [5.74, 6) is 0.477. The second-order valence-corrected chi connectivity index (χ2v) is 10.3. The van der Waals surface area contributed by atoms with Crippen molar-refractivity contribution in [3.05, 3.63) is 42.5 Å². The van der Waals surface area contributed by atoms with E-state index in [2.05, 4.69) is 19.1 Å². The van der Waals surface area contributed by atoms with Gasteiger partial charge >= 0.3 is 5.97 Å². The lowest BCUT2D eigenvalue weighted by Gasteiger charge is -2.04. The van der Waals surface area contributed by atoms with E-state index < -0.39 is 0 Å². The molecule has 0 heterocycles. The summed E-state index contributed by atoms with van der Waals surface area (Å²) in [6.45, 7) is 2.29. The number of hydrogen-bond acceptors (Lipinski definition) is 2. The number of allylic oxidation sites excluding steroid dienone is 2. The maximum Gasteiger partial charge on any atom is 0.311 e. The van der Waals surface area contributed by atoms with Crippen LogP contribution in [0.4, 0.5) is 0 Å². The molecule has 0 bridgehead atoms. The number of benzene rings is 1. The number of esters is 1. The molecule has 1 aromatic rings. The second-order valence-electron chi connectivity index (χ2n) is 10.3. The molecule has 0 amide bonds. The lowest BCUT2D eigenvalue weighted by molar-refractivity contribution is -0.134. The van der Waals surface area contributed by atoms with Gasteiger partial charge in [0.1, 0.15) is 5.75 Å². The maximum absolute atomic E-state index is 11.8. The standard InChI is InChI=1S/C33H56O2/c1-2-3-4-5-6-7-8-9-10-11-12-13-14-15-16-17-18-19-20-21-22-23-24-28-31-33(34)35-32-29-26-25-27-30-32/h23-27,29-30H,2-22,28,31H2,1H3. The molecule has 35 heavy (non-hydrogen) atoms. The van der Waals surface area contributed by atoms with Gasteiger partial charge < -0.3 is 4.74 Å². The highest BCUT2D eigenvalue weighted by Crippen LogP contribution is 2.15. The van der Waals surface area contributed by atoms with Crippen molar-refractivity contribution < 1.29 is 9.53 Å². The van der Waals surface area contributed by atoms with E-state index in [-0.39, 0.29) is 5.97 Å². The summed E-state index contributed by atoms with van der Waals surface area (Å²) in [4.78, 5) is 11.8. The molecule has 0 saturated carbocycles. The van der Waals surface area contributed by atoms with Crippen molar-refractivity contribution in [2.75, 3.05) is 0 Å². The molecule has 0 aliphatic heterocycles. The molecule has 1 rings (SSSR count). The number of carbonyl (C=O) groups is 1. The molecule has 0 atom stereocenters. The lowest BCUT2D eigenvalue weighted by atomic mass is 10.0. The zero-order chi connectivity index (χ0) is 25.1. The number of unbranched alkanes of at least 4 members (excludes halogenated alkanes) is 20. The molecule has 0 radical (unpaired) electrons. The van der Waals surface area contributed by atoms with Crippen LogP contribution in [-0.2, 0) is 4.79 Å². The normalized spacial score (nSPS) is 11.3. The monoisotopic (exact) mass is 484 g/mol. The predicted octanol–water partition coefficient (Wildman–Crippen LogP) is 11.1. The Morgan fingerprint density at radius 3 is 1.43 bits per heavy atom. The van der Waals surface area contributed by atoms with Gasteiger partial charge in [0.05, 0.1) is 0 Å². The first-order valence-electron chi connectivity index (χ1n) is 15.2. The van der Waals surface area contributed by atoms with Gasteiger partial charge in [0.25, 0.3) is 0 Å². The van der Waals surface area contributed by atoms with Crippen molar-refractivity contribution >= 4 is 5.97 Å². The van der Waals surface area contributed by atoms with Crippen LogP contribution in [0.2, 0.25) is 0 Å². The molecular formula is C33H56O2. The second kappa shape index (κ2) is 25.5. The molecule has 200 valence electrons.